The maximum Gasteiger partial charge on any atom is 0.135 e. The molecule has 0 unspecified atom stereocenters. The second-order valence-electron chi connectivity index (χ2n) is 5.70. The van der Waals surface area contributed by atoms with Crippen molar-refractivity contribution >= 4 is 11.6 Å². The first-order valence-corrected chi connectivity index (χ1v) is 7.66. The summed E-state index contributed by atoms with van der Waals surface area (Å²) in [7, 11) is 0. The van der Waals surface area contributed by atoms with Crippen LogP contribution in [0, 0.1) is 0 Å². The molecule has 1 aliphatic rings. The first kappa shape index (κ1) is 15.0. The van der Waals surface area contributed by atoms with Crippen molar-refractivity contribution in [1.82, 2.24) is 9.97 Å². The molecule has 1 saturated carbocycles. The summed E-state index contributed by atoms with van der Waals surface area (Å²) in [6, 6.07) is 2.55. The molecule has 1 aromatic rings. The Hall–Kier alpha value is -1.36. The monoisotopic (exact) mass is 278 g/mol. The number of rotatable bonds is 8. The lowest BCUT2D eigenvalue weighted by Crippen LogP contribution is -2.30. The molecule has 0 aliphatic heterocycles. The smallest absolute Gasteiger partial charge is 0.135 e. The second-order valence-corrected chi connectivity index (χ2v) is 5.70. The Morgan fingerprint density at radius 3 is 2.70 bits per heavy atom. The van der Waals surface area contributed by atoms with Crippen molar-refractivity contribution in [1.29, 1.82) is 0 Å². The lowest BCUT2D eigenvalue weighted by molar-refractivity contribution is 0.301. The lowest BCUT2D eigenvalue weighted by atomic mass is 10.2. The predicted molar refractivity (Wildman–Crippen MR) is 82.4 cm³/mol. The molecule has 0 aromatic carbocycles. The molecule has 0 atom stereocenters. The molecule has 1 heterocycles. The third kappa shape index (κ3) is 3.82. The fourth-order valence-corrected chi connectivity index (χ4v) is 2.18. The Labute approximate surface area is 121 Å². The van der Waals surface area contributed by atoms with E-state index in [9.17, 15) is 5.11 Å². The van der Waals surface area contributed by atoms with E-state index in [1.54, 1.807) is 0 Å². The number of aromatic nitrogens is 2. The Bertz CT molecular complexity index is 432. The number of nitrogens with zero attached hydrogens (tertiary/aromatic N) is 3. The highest BCUT2D eigenvalue weighted by Crippen LogP contribution is 2.31. The molecule has 0 bridgehead atoms. The van der Waals surface area contributed by atoms with Gasteiger partial charge in [0, 0.05) is 31.1 Å². The van der Waals surface area contributed by atoms with Gasteiger partial charge in [-0.25, -0.2) is 9.97 Å². The molecule has 1 aliphatic carbocycles. The molecular formula is C15H26N4O. The quantitative estimate of drug-likeness (QED) is 0.764. The molecule has 1 fully saturated rings. The highest BCUT2D eigenvalue weighted by molar-refractivity contribution is 5.51. The van der Waals surface area contributed by atoms with Crippen molar-refractivity contribution < 1.29 is 5.11 Å². The number of hydrogen-bond acceptors (Lipinski definition) is 5. The summed E-state index contributed by atoms with van der Waals surface area (Å²) in [5, 5.41) is 12.6. The Balaban J connectivity index is 2.26. The molecule has 0 spiro atoms. The zero-order chi connectivity index (χ0) is 14.5. The summed E-state index contributed by atoms with van der Waals surface area (Å²) >= 11 is 0. The van der Waals surface area contributed by atoms with Gasteiger partial charge in [0.1, 0.15) is 17.5 Å². The van der Waals surface area contributed by atoms with Crippen molar-refractivity contribution in [3.63, 3.8) is 0 Å². The normalized spacial score (nSPS) is 14.7. The highest BCUT2D eigenvalue weighted by Gasteiger charge is 2.30. The number of anilines is 2. The minimum atomic E-state index is 0.162. The molecule has 5 nitrogen and oxygen atoms in total. The zero-order valence-corrected chi connectivity index (χ0v) is 12.8. The summed E-state index contributed by atoms with van der Waals surface area (Å²) in [6.07, 6.45) is 3.46. The van der Waals surface area contributed by atoms with E-state index in [2.05, 4.69) is 41.0 Å². The van der Waals surface area contributed by atoms with Gasteiger partial charge < -0.3 is 15.3 Å². The third-order valence-electron chi connectivity index (χ3n) is 3.43. The van der Waals surface area contributed by atoms with Gasteiger partial charge in [-0.3, -0.25) is 0 Å². The highest BCUT2D eigenvalue weighted by atomic mass is 16.3. The van der Waals surface area contributed by atoms with E-state index in [0.29, 0.717) is 18.5 Å². The van der Waals surface area contributed by atoms with Crippen LogP contribution in [-0.4, -0.2) is 40.8 Å². The van der Waals surface area contributed by atoms with Crippen LogP contribution in [0.3, 0.4) is 0 Å². The molecule has 112 valence electrons. The van der Waals surface area contributed by atoms with E-state index >= 15 is 0 Å². The number of aliphatic hydroxyl groups excluding tert-OH is 1. The minimum Gasteiger partial charge on any atom is -0.395 e. The largest absolute Gasteiger partial charge is 0.395 e. The molecule has 20 heavy (non-hydrogen) atoms. The predicted octanol–water partition coefficient (Wildman–Crippen LogP) is 2.38. The van der Waals surface area contributed by atoms with Crippen LogP contribution in [0.25, 0.3) is 0 Å². The van der Waals surface area contributed by atoms with Gasteiger partial charge in [0.05, 0.1) is 6.61 Å². The van der Waals surface area contributed by atoms with Gasteiger partial charge in [-0.1, -0.05) is 20.8 Å². The van der Waals surface area contributed by atoms with Crippen molar-refractivity contribution in [2.24, 2.45) is 0 Å². The van der Waals surface area contributed by atoms with E-state index < -0.39 is 0 Å². The summed E-state index contributed by atoms with van der Waals surface area (Å²) in [5.74, 6) is 3.00. The van der Waals surface area contributed by atoms with E-state index in [0.717, 1.165) is 30.4 Å². The molecule has 1 aromatic heterocycles. The Morgan fingerprint density at radius 2 is 2.15 bits per heavy atom. The average Bonchev–Trinajstić information content (AvgIpc) is 3.26. The van der Waals surface area contributed by atoms with E-state index in [1.807, 2.05) is 6.07 Å². The molecular weight excluding hydrogens is 252 g/mol. The van der Waals surface area contributed by atoms with Crippen LogP contribution in [0.4, 0.5) is 11.6 Å². The SMILES string of the molecule is CCCNc1cc(N(CCO)C2CC2)nc(C(C)C)n1. The fraction of sp³-hybridized carbons (Fsp3) is 0.733. The van der Waals surface area contributed by atoms with Gasteiger partial charge in [-0.2, -0.15) is 0 Å². The van der Waals surface area contributed by atoms with Gasteiger partial charge >= 0.3 is 0 Å². The van der Waals surface area contributed by atoms with Crippen molar-refractivity contribution in [3.8, 4) is 0 Å². The number of nitrogens with one attached hydrogen (secondary N) is 1. The summed E-state index contributed by atoms with van der Waals surface area (Å²) < 4.78 is 0. The van der Waals surface area contributed by atoms with Gasteiger partial charge in [-0.15, -0.1) is 0 Å². The van der Waals surface area contributed by atoms with Gasteiger partial charge in [0.2, 0.25) is 0 Å². The van der Waals surface area contributed by atoms with Gasteiger partial charge in [-0.05, 0) is 19.3 Å². The van der Waals surface area contributed by atoms with Crippen LogP contribution in [0.1, 0.15) is 51.8 Å². The first-order valence-electron chi connectivity index (χ1n) is 7.66. The number of hydrogen-bond donors (Lipinski definition) is 2. The van der Waals surface area contributed by atoms with Crippen LogP contribution in [0.15, 0.2) is 6.07 Å². The molecule has 5 heteroatoms. The van der Waals surface area contributed by atoms with Crippen molar-refractivity contribution in [2.75, 3.05) is 29.9 Å². The fourth-order valence-electron chi connectivity index (χ4n) is 2.18. The molecule has 0 saturated heterocycles. The van der Waals surface area contributed by atoms with Gasteiger partial charge in [0.25, 0.3) is 0 Å². The average molecular weight is 278 g/mol. The second kappa shape index (κ2) is 6.88. The zero-order valence-electron chi connectivity index (χ0n) is 12.8. The van der Waals surface area contributed by atoms with Crippen LogP contribution < -0.4 is 10.2 Å². The van der Waals surface area contributed by atoms with Crippen LogP contribution in [0.2, 0.25) is 0 Å². The number of aliphatic hydroxyl groups is 1. The van der Waals surface area contributed by atoms with Crippen LogP contribution in [0.5, 0.6) is 0 Å². The van der Waals surface area contributed by atoms with Crippen molar-refractivity contribution in [3.05, 3.63) is 11.9 Å². The minimum absolute atomic E-state index is 0.162. The summed E-state index contributed by atoms with van der Waals surface area (Å²) in [4.78, 5) is 11.5. The summed E-state index contributed by atoms with van der Waals surface area (Å²) in [6.45, 7) is 8.08. The molecule has 0 radical (unpaired) electrons. The topological polar surface area (TPSA) is 61.3 Å². The van der Waals surface area contributed by atoms with Crippen LogP contribution in [-0.2, 0) is 0 Å². The van der Waals surface area contributed by atoms with E-state index in [1.165, 1.54) is 12.8 Å². The van der Waals surface area contributed by atoms with Gasteiger partial charge in [0.15, 0.2) is 0 Å². The lowest BCUT2D eigenvalue weighted by Gasteiger charge is -2.24. The third-order valence-corrected chi connectivity index (χ3v) is 3.43. The molecule has 2 rings (SSSR count). The van der Waals surface area contributed by atoms with E-state index in [-0.39, 0.29) is 6.61 Å². The molecule has 0 amide bonds. The Morgan fingerprint density at radius 1 is 1.40 bits per heavy atom. The van der Waals surface area contributed by atoms with Crippen LogP contribution >= 0.6 is 0 Å². The maximum atomic E-state index is 9.26. The molecule has 2 N–H and O–H groups in total. The van der Waals surface area contributed by atoms with E-state index in [4.69, 9.17) is 0 Å². The first-order chi connectivity index (χ1) is 9.65. The Kier molecular flexibility index (Phi) is 5.17. The van der Waals surface area contributed by atoms with Crippen molar-refractivity contribution in [2.45, 2.75) is 52.0 Å². The summed E-state index contributed by atoms with van der Waals surface area (Å²) in [5.41, 5.74) is 0. The maximum absolute atomic E-state index is 9.26. The standard InChI is InChI=1S/C15H26N4O/c1-4-7-16-13-10-14(18-15(17-13)11(2)3)19(8-9-20)12-5-6-12/h10-12,20H,4-9H2,1-3H3,(H,16,17,18).